The summed E-state index contributed by atoms with van der Waals surface area (Å²) in [5.74, 6) is 1.42. The van der Waals surface area contributed by atoms with E-state index in [1.807, 2.05) is 36.4 Å². The molecule has 0 radical (unpaired) electrons. The first-order valence-electron chi connectivity index (χ1n) is 10.1. The van der Waals surface area contributed by atoms with Gasteiger partial charge in [0.2, 0.25) is 5.95 Å². The third-order valence-corrected chi connectivity index (χ3v) is 7.84. The van der Waals surface area contributed by atoms with E-state index in [2.05, 4.69) is 47.6 Å². The molecule has 2 heterocycles. The van der Waals surface area contributed by atoms with Crippen molar-refractivity contribution in [2.45, 2.75) is 24.3 Å². The Bertz CT molecular complexity index is 1230. The fourth-order valence-corrected chi connectivity index (χ4v) is 5.54. The lowest BCUT2D eigenvalue weighted by Crippen LogP contribution is -2.13. The van der Waals surface area contributed by atoms with Gasteiger partial charge in [-0.25, -0.2) is 14.0 Å². The van der Waals surface area contributed by atoms with Crippen LogP contribution in [-0.4, -0.2) is 32.6 Å². The number of nitrogens with one attached hydrogen (secondary N) is 2. The van der Waals surface area contributed by atoms with Crippen LogP contribution < -0.4 is 10.6 Å². The molecule has 4 bridgehead atoms. The molecule has 0 saturated heterocycles. The van der Waals surface area contributed by atoms with Crippen LogP contribution in [0.4, 0.5) is 22.2 Å². The molecule has 2 aromatic carbocycles. The molecule has 1 atom stereocenters. The molecule has 166 valence electrons. The summed E-state index contributed by atoms with van der Waals surface area (Å²) in [6.45, 7) is 0.730. The predicted octanol–water partition coefficient (Wildman–Crippen LogP) is 5.19. The second kappa shape index (κ2) is 10.3. The number of carbonyl (C=O) groups excluding carboxylic acids is 1. The fourth-order valence-electron chi connectivity index (χ4n) is 3.16. The van der Waals surface area contributed by atoms with Gasteiger partial charge < -0.3 is 15.4 Å². The average Bonchev–Trinajstić information content (AvgIpc) is 2.80. The summed E-state index contributed by atoms with van der Waals surface area (Å²) < 4.78 is 24.1. The van der Waals surface area contributed by atoms with Gasteiger partial charge >= 0.3 is 6.09 Å². The van der Waals surface area contributed by atoms with Crippen molar-refractivity contribution in [2.24, 2.45) is 4.36 Å². The van der Waals surface area contributed by atoms with Gasteiger partial charge in [-0.2, -0.15) is 4.98 Å². The highest BCUT2D eigenvalue weighted by Gasteiger charge is 2.18. The Hall–Kier alpha value is -2.73. The van der Waals surface area contributed by atoms with Gasteiger partial charge in [0.25, 0.3) is 0 Å². The van der Waals surface area contributed by atoms with E-state index >= 15 is 0 Å². The van der Waals surface area contributed by atoms with Crippen LogP contribution >= 0.6 is 22.6 Å². The Morgan fingerprint density at radius 2 is 2.00 bits per heavy atom. The first kappa shape index (κ1) is 22.5. The van der Waals surface area contributed by atoms with Crippen LogP contribution in [0.3, 0.4) is 0 Å². The smallest absolute Gasteiger partial charge is 0.442 e. The SMILES string of the molecule is O=C(N=S1(=O)CCCCNc2nc(ncc2I)Nc2cccc1c2)OCc1ccccc1. The first-order chi connectivity index (χ1) is 15.5. The summed E-state index contributed by atoms with van der Waals surface area (Å²) in [6.07, 6.45) is 2.27. The molecule has 0 fully saturated rings. The standard InChI is InChI=1S/C22H22IN5O3S/c23-19-14-25-21-26-17-9-6-10-18(13-17)32(30,12-5-4-11-24-20(19)27-21)28-22(29)31-15-16-7-2-1-3-8-16/h1-3,6-10,13-14H,4-5,11-12,15H2,(H2,24,25,26,27). The van der Waals surface area contributed by atoms with Crippen molar-refractivity contribution in [1.29, 1.82) is 0 Å². The minimum Gasteiger partial charge on any atom is -0.443 e. The summed E-state index contributed by atoms with van der Waals surface area (Å²) in [6, 6.07) is 16.4. The van der Waals surface area contributed by atoms with E-state index in [1.165, 1.54) is 0 Å². The van der Waals surface area contributed by atoms with Gasteiger partial charge in [0.15, 0.2) is 0 Å². The number of halogens is 1. The minimum atomic E-state index is -3.01. The van der Waals surface area contributed by atoms with E-state index in [0.717, 1.165) is 21.4 Å². The number of rotatable bonds is 2. The first-order valence-corrected chi connectivity index (χ1v) is 12.9. The molecular weight excluding hydrogens is 541 g/mol. The molecule has 1 aromatic heterocycles. The van der Waals surface area contributed by atoms with Gasteiger partial charge in [-0.15, -0.1) is 4.36 Å². The number of ether oxygens (including phenoxy) is 1. The second-order valence-electron chi connectivity index (χ2n) is 7.15. The molecule has 3 aromatic rings. The second-order valence-corrected chi connectivity index (χ2v) is 10.7. The molecule has 10 heteroatoms. The van der Waals surface area contributed by atoms with E-state index in [0.29, 0.717) is 29.5 Å². The van der Waals surface area contributed by atoms with Crippen LogP contribution in [-0.2, 0) is 21.1 Å². The Balaban J connectivity index is 1.62. The van der Waals surface area contributed by atoms with E-state index < -0.39 is 15.8 Å². The molecule has 0 spiro atoms. The van der Waals surface area contributed by atoms with Gasteiger partial charge in [-0.05, 0) is 59.2 Å². The lowest BCUT2D eigenvalue weighted by atomic mass is 10.2. The van der Waals surface area contributed by atoms with Gasteiger partial charge in [0.05, 0.1) is 18.2 Å². The van der Waals surface area contributed by atoms with E-state index in [1.54, 1.807) is 24.4 Å². The summed E-state index contributed by atoms with van der Waals surface area (Å²) in [5.41, 5.74) is 1.50. The number of anilines is 3. The minimum absolute atomic E-state index is 0.0792. The van der Waals surface area contributed by atoms with Crippen LogP contribution in [0.25, 0.3) is 0 Å². The maximum absolute atomic E-state index is 13.8. The molecule has 1 aliphatic heterocycles. The highest BCUT2D eigenvalue weighted by atomic mass is 127. The van der Waals surface area contributed by atoms with Crippen molar-refractivity contribution in [3.05, 3.63) is 69.9 Å². The molecule has 1 unspecified atom stereocenters. The highest BCUT2D eigenvalue weighted by Crippen LogP contribution is 2.24. The number of hydrogen-bond acceptors (Lipinski definition) is 7. The molecule has 0 aliphatic carbocycles. The molecule has 8 nitrogen and oxygen atoms in total. The molecular formula is C22H22IN5O3S. The maximum atomic E-state index is 13.8. The van der Waals surface area contributed by atoms with Crippen molar-refractivity contribution in [3.8, 4) is 0 Å². The number of carbonyl (C=O) groups is 1. The lowest BCUT2D eigenvalue weighted by Gasteiger charge is -2.12. The van der Waals surface area contributed by atoms with Crippen LogP contribution in [0, 0.1) is 3.57 Å². The molecule has 2 N–H and O–H groups in total. The largest absolute Gasteiger partial charge is 0.443 e. The summed E-state index contributed by atoms with van der Waals surface area (Å²) in [4.78, 5) is 21.8. The third-order valence-electron chi connectivity index (χ3n) is 4.77. The van der Waals surface area contributed by atoms with E-state index in [9.17, 15) is 9.00 Å². The Kier molecular flexibility index (Phi) is 7.20. The number of fused-ring (bicyclic) bond motifs is 4. The van der Waals surface area contributed by atoms with Gasteiger partial charge in [-0.1, -0.05) is 36.4 Å². The number of aromatic nitrogens is 2. The zero-order valence-corrected chi connectivity index (χ0v) is 20.1. The number of hydrogen-bond donors (Lipinski definition) is 2. The van der Waals surface area contributed by atoms with Crippen LogP contribution in [0.2, 0.25) is 0 Å². The zero-order valence-electron chi connectivity index (χ0n) is 17.2. The van der Waals surface area contributed by atoms with Crippen LogP contribution in [0.15, 0.2) is 70.1 Å². The Morgan fingerprint density at radius 1 is 1.16 bits per heavy atom. The quantitative estimate of drug-likeness (QED) is 0.414. The third kappa shape index (κ3) is 5.74. The summed E-state index contributed by atoms with van der Waals surface area (Å²) >= 11 is 2.18. The number of amides is 1. The van der Waals surface area contributed by atoms with Crippen molar-refractivity contribution in [2.75, 3.05) is 22.9 Å². The molecule has 4 rings (SSSR count). The van der Waals surface area contributed by atoms with Crippen molar-refractivity contribution in [3.63, 3.8) is 0 Å². The fraction of sp³-hybridized carbons (Fsp3) is 0.227. The normalized spacial score (nSPS) is 18.0. The van der Waals surface area contributed by atoms with Gasteiger partial charge in [0, 0.05) is 24.2 Å². The average molecular weight is 563 g/mol. The van der Waals surface area contributed by atoms with Gasteiger partial charge in [0.1, 0.15) is 12.4 Å². The van der Waals surface area contributed by atoms with Gasteiger partial charge in [-0.3, -0.25) is 0 Å². The van der Waals surface area contributed by atoms with E-state index in [-0.39, 0.29) is 12.4 Å². The van der Waals surface area contributed by atoms with Crippen LogP contribution in [0.5, 0.6) is 0 Å². The summed E-state index contributed by atoms with van der Waals surface area (Å²) in [7, 11) is -3.01. The molecule has 32 heavy (non-hydrogen) atoms. The molecule has 0 saturated carbocycles. The van der Waals surface area contributed by atoms with E-state index in [4.69, 9.17) is 4.74 Å². The molecule has 1 aliphatic rings. The van der Waals surface area contributed by atoms with Crippen molar-refractivity contribution >= 4 is 55.9 Å². The number of nitrogens with zero attached hydrogens (tertiary/aromatic N) is 3. The molecule has 1 amide bonds. The predicted molar refractivity (Wildman–Crippen MR) is 133 cm³/mol. The van der Waals surface area contributed by atoms with Crippen molar-refractivity contribution in [1.82, 2.24) is 9.97 Å². The monoisotopic (exact) mass is 563 g/mol. The van der Waals surface area contributed by atoms with Crippen molar-refractivity contribution < 1.29 is 13.7 Å². The lowest BCUT2D eigenvalue weighted by molar-refractivity contribution is 0.151. The highest BCUT2D eigenvalue weighted by molar-refractivity contribution is 14.1. The van der Waals surface area contributed by atoms with Crippen LogP contribution in [0.1, 0.15) is 18.4 Å². The summed E-state index contributed by atoms with van der Waals surface area (Å²) in [5, 5.41) is 6.43. The Labute approximate surface area is 200 Å². The zero-order chi connectivity index (χ0) is 22.4. The maximum Gasteiger partial charge on any atom is 0.442 e. The Morgan fingerprint density at radius 3 is 2.84 bits per heavy atom. The topological polar surface area (TPSA) is 106 Å². The number of benzene rings is 2.